The SMILES string of the molecule is C=CCN(C)CC=CCOc1ccc(C(=O)C=CC=C(C)C)cc1F.O=C(O)C=CC(=O)O. The highest BCUT2D eigenvalue weighted by Crippen LogP contribution is 2.19. The summed E-state index contributed by atoms with van der Waals surface area (Å²) in [6.45, 7) is 9.39. The van der Waals surface area contributed by atoms with Gasteiger partial charge in [-0.3, -0.25) is 9.69 Å². The average Bonchev–Trinajstić information content (AvgIpc) is 2.73. The highest BCUT2D eigenvalue weighted by atomic mass is 19.1. The van der Waals surface area contributed by atoms with Crippen molar-refractivity contribution in [2.24, 2.45) is 0 Å². The minimum atomic E-state index is -1.26. The number of ketones is 1. The molecule has 0 bridgehead atoms. The molecule has 0 atom stereocenters. The fraction of sp³-hybridized carbons (Fsp3) is 0.240. The van der Waals surface area contributed by atoms with Crippen LogP contribution in [0.1, 0.15) is 24.2 Å². The van der Waals surface area contributed by atoms with E-state index in [9.17, 15) is 18.8 Å². The molecule has 0 saturated heterocycles. The Labute approximate surface area is 193 Å². The van der Waals surface area contributed by atoms with E-state index in [1.54, 1.807) is 12.1 Å². The fourth-order valence-corrected chi connectivity index (χ4v) is 2.09. The molecule has 0 unspecified atom stereocenters. The van der Waals surface area contributed by atoms with Crippen molar-refractivity contribution in [3.63, 3.8) is 0 Å². The highest BCUT2D eigenvalue weighted by molar-refractivity contribution is 6.04. The van der Waals surface area contributed by atoms with E-state index in [4.69, 9.17) is 14.9 Å². The quantitative estimate of drug-likeness (QED) is 0.208. The normalized spacial score (nSPS) is 10.8. The van der Waals surface area contributed by atoms with Crippen LogP contribution in [-0.4, -0.2) is 59.6 Å². The molecule has 0 aliphatic carbocycles. The molecule has 0 aromatic heterocycles. The molecule has 0 saturated carbocycles. The van der Waals surface area contributed by atoms with Crippen LogP contribution in [0.25, 0.3) is 0 Å². The number of hydrogen-bond acceptors (Lipinski definition) is 5. The number of carbonyl (C=O) groups excluding carboxylic acids is 1. The minimum absolute atomic E-state index is 0.133. The summed E-state index contributed by atoms with van der Waals surface area (Å²) >= 11 is 0. The number of nitrogens with zero attached hydrogens (tertiary/aromatic N) is 1. The summed E-state index contributed by atoms with van der Waals surface area (Å²) in [5.74, 6) is -3.17. The van der Waals surface area contributed by atoms with Gasteiger partial charge in [-0.1, -0.05) is 36.0 Å². The van der Waals surface area contributed by atoms with Gasteiger partial charge in [-0.15, -0.1) is 6.58 Å². The Hall–Kier alpha value is -3.78. The number of carbonyl (C=O) groups is 3. The van der Waals surface area contributed by atoms with Crippen molar-refractivity contribution in [3.8, 4) is 5.75 Å². The molecule has 1 rings (SSSR count). The fourth-order valence-electron chi connectivity index (χ4n) is 2.09. The van der Waals surface area contributed by atoms with E-state index in [1.165, 1.54) is 18.2 Å². The van der Waals surface area contributed by atoms with Gasteiger partial charge in [0, 0.05) is 30.8 Å². The molecule has 1 aromatic rings. The number of halogens is 1. The highest BCUT2D eigenvalue weighted by Gasteiger charge is 2.08. The van der Waals surface area contributed by atoms with E-state index in [-0.39, 0.29) is 18.1 Å². The Morgan fingerprint density at radius 2 is 1.70 bits per heavy atom. The van der Waals surface area contributed by atoms with Gasteiger partial charge >= 0.3 is 11.9 Å². The van der Waals surface area contributed by atoms with E-state index in [0.29, 0.717) is 17.7 Å². The zero-order valence-corrected chi connectivity index (χ0v) is 19.0. The molecule has 8 heteroatoms. The van der Waals surface area contributed by atoms with Gasteiger partial charge in [-0.2, -0.15) is 0 Å². The molecular formula is C25H30FNO6. The molecule has 1 aromatic carbocycles. The molecule has 2 N–H and O–H groups in total. The maximum Gasteiger partial charge on any atom is 0.328 e. The van der Waals surface area contributed by atoms with E-state index in [0.717, 1.165) is 18.7 Å². The lowest BCUT2D eigenvalue weighted by atomic mass is 10.1. The average molecular weight is 460 g/mol. The van der Waals surface area contributed by atoms with Crippen LogP contribution in [0.4, 0.5) is 4.39 Å². The Morgan fingerprint density at radius 3 is 2.21 bits per heavy atom. The second-order valence-electron chi connectivity index (χ2n) is 6.91. The summed E-state index contributed by atoms with van der Waals surface area (Å²) in [5.41, 5.74) is 1.38. The molecule has 0 amide bonds. The van der Waals surface area contributed by atoms with Gasteiger partial charge in [-0.05, 0) is 45.2 Å². The van der Waals surface area contributed by atoms with Crippen LogP contribution in [0.3, 0.4) is 0 Å². The van der Waals surface area contributed by atoms with Crippen LogP contribution in [-0.2, 0) is 9.59 Å². The lowest BCUT2D eigenvalue weighted by Gasteiger charge is -2.10. The van der Waals surface area contributed by atoms with Gasteiger partial charge in [0.15, 0.2) is 17.3 Å². The number of carboxylic acid groups (broad SMARTS) is 2. The van der Waals surface area contributed by atoms with Crippen LogP contribution >= 0.6 is 0 Å². The third-order valence-electron chi connectivity index (χ3n) is 3.62. The summed E-state index contributed by atoms with van der Waals surface area (Å²) in [6, 6.07) is 4.25. The standard InChI is InChI=1S/C21H26FNO2.C4H4O4/c1-5-13-23(4)14-6-7-15-25-21-12-11-18(16-19(21)22)20(24)10-8-9-17(2)3;5-3(6)1-2-4(7)8/h5-12,16H,1,13-15H2,2-4H3;1-2H,(H,5,6)(H,7,8). The van der Waals surface area contributed by atoms with Crippen molar-refractivity contribution in [2.75, 3.05) is 26.7 Å². The number of aliphatic carboxylic acids is 2. The number of hydrogen-bond donors (Lipinski definition) is 2. The molecule has 0 spiro atoms. The largest absolute Gasteiger partial charge is 0.486 e. The first-order valence-electron chi connectivity index (χ1n) is 9.93. The Balaban J connectivity index is 0.00000109. The number of allylic oxidation sites excluding steroid dienone is 4. The molecule has 0 fully saturated rings. The third-order valence-corrected chi connectivity index (χ3v) is 3.62. The Kier molecular flexibility index (Phi) is 14.9. The molecule has 178 valence electrons. The second kappa shape index (κ2) is 16.9. The van der Waals surface area contributed by atoms with Gasteiger partial charge in [0.2, 0.25) is 0 Å². The van der Waals surface area contributed by atoms with Gasteiger partial charge in [0.05, 0.1) is 0 Å². The maximum atomic E-state index is 14.0. The van der Waals surface area contributed by atoms with Gasteiger partial charge in [-0.25, -0.2) is 14.0 Å². The van der Waals surface area contributed by atoms with Crippen LogP contribution in [0.2, 0.25) is 0 Å². The van der Waals surface area contributed by atoms with Crippen molar-refractivity contribution < 1.29 is 33.7 Å². The maximum absolute atomic E-state index is 14.0. The van der Waals surface area contributed by atoms with Crippen molar-refractivity contribution >= 4 is 17.7 Å². The topological polar surface area (TPSA) is 104 Å². The van der Waals surface area contributed by atoms with Gasteiger partial charge in [0.1, 0.15) is 6.61 Å². The Morgan fingerprint density at radius 1 is 1.06 bits per heavy atom. The van der Waals surface area contributed by atoms with Crippen LogP contribution in [0, 0.1) is 5.82 Å². The summed E-state index contributed by atoms with van der Waals surface area (Å²) in [4.78, 5) is 33.1. The summed E-state index contributed by atoms with van der Waals surface area (Å²) < 4.78 is 19.4. The van der Waals surface area contributed by atoms with Crippen molar-refractivity contribution in [3.05, 3.63) is 90.3 Å². The predicted octanol–water partition coefficient (Wildman–Crippen LogP) is 4.30. The van der Waals surface area contributed by atoms with Gasteiger partial charge in [0.25, 0.3) is 0 Å². The first-order chi connectivity index (χ1) is 15.6. The van der Waals surface area contributed by atoms with Crippen LogP contribution in [0.5, 0.6) is 5.75 Å². The third kappa shape index (κ3) is 15.6. The summed E-state index contributed by atoms with van der Waals surface area (Å²) in [6.07, 6.45) is 11.6. The lowest BCUT2D eigenvalue weighted by molar-refractivity contribution is -0.134. The summed E-state index contributed by atoms with van der Waals surface area (Å²) in [7, 11) is 1.98. The lowest BCUT2D eigenvalue weighted by Crippen LogP contribution is -2.17. The van der Waals surface area contributed by atoms with Crippen LogP contribution in [0.15, 0.2) is 79.0 Å². The first kappa shape index (κ1) is 29.2. The molecule has 33 heavy (non-hydrogen) atoms. The minimum Gasteiger partial charge on any atom is -0.486 e. The molecular weight excluding hydrogens is 429 g/mol. The Bertz CT molecular complexity index is 911. The number of carboxylic acids is 2. The molecule has 0 heterocycles. The van der Waals surface area contributed by atoms with Crippen molar-refractivity contribution in [2.45, 2.75) is 13.8 Å². The molecule has 0 aliphatic heterocycles. The van der Waals surface area contributed by atoms with Crippen molar-refractivity contribution in [1.29, 1.82) is 0 Å². The smallest absolute Gasteiger partial charge is 0.328 e. The predicted molar refractivity (Wildman–Crippen MR) is 126 cm³/mol. The van der Waals surface area contributed by atoms with E-state index in [2.05, 4.69) is 11.5 Å². The molecule has 0 aliphatic rings. The number of likely N-dealkylation sites (N-methyl/N-ethyl adjacent to an activating group) is 1. The first-order valence-corrected chi connectivity index (χ1v) is 9.93. The number of ether oxygens (including phenoxy) is 1. The van der Waals surface area contributed by atoms with E-state index >= 15 is 0 Å². The van der Waals surface area contributed by atoms with Crippen LogP contribution < -0.4 is 4.74 Å². The summed E-state index contributed by atoms with van der Waals surface area (Å²) in [5, 5.41) is 15.6. The van der Waals surface area contributed by atoms with E-state index in [1.807, 2.05) is 45.2 Å². The van der Waals surface area contributed by atoms with E-state index < -0.39 is 17.8 Å². The second-order valence-corrected chi connectivity index (χ2v) is 6.91. The molecule has 7 nitrogen and oxygen atoms in total. The monoisotopic (exact) mass is 459 g/mol. The van der Waals surface area contributed by atoms with Gasteiger partial charge < -0.3 is 14.9 Å². The zero-order chi connectivity index (χ0) is 25.2. The zero-order valence-electron chi connectivity index (χ0n) is 19.0. The number of rotatable bonds is 12. The molecule has 0 radical (unpaired) electrons. The van der Waals surface area contributed by atoms with Crippen molar-refractivity contribution in [1.82, 2.24) is 4.90 Å². The number of benzene rings is 1.